The first-order valence-corrected chi connectivity index (χ1v) is 8.19. The molecule has 0 heterocycles. The van der Waals surface area contributed by atoms with E-state index in [-0.39, 0.29) is 29.6 Å². The van der Waals surface area contributed by atoms with E-state index in [1.54, 1.807) is 31.4 Å². The zero-order valence-electron chi connectivity index (χ0n) is 15.5. The molecule has 0 bridgehead atoms. The van der Waals surface area contributed by atoms with E-state index in [9.17, 15) is 9.59 Å². The Morgan fingerprint density at radius 2 is 1.44 bits per heavy atom. The molecule has 0 radical (unpaired) electrons. The second-order valence-corrected chi connectivity index (χ2v) is 6.82. The monoisotopic (exact) mass is 371 g/mol. The van der Waals surface area contributed by atoms with Crippen molar-refractivity contribution < 1.29 is 14.3 Å². The Morgan fingerprint density at radius 1 is 0.920 bits per heavy atom. The van der Waals surface area contributed by atoms with Gasteiger partial charge in [0.05, 0.1) is 6.61 Å². The molecule has 0 saturated carbocycles. The van der Waals surface area contributed by atoms with E-state index in [2.05, 4.69) is 36.7 Å². The molecule has 25 heavy (non-hydrogen) atoms. The van der Waals surface area contributed by atoms with Gasteiger partial charge >= 0.3 is 0 Å². The summed E-state index contributed by atoms with van der Waals surface area (Å²) < 4.78 is 4.92. The van der Waals surface area contributed by atoms with E-state index in [0.29, 0.717) is 37.4 Å². The SMILES string of the molecule is COCCNCCNC(=O)c1ccc(C(=O)NCC(C)(C)C)cc1.Cl. The van der Waals surface area contributed by atoms with E-state index in [0.717, 1.165) is 6.54 Å². The summed E-state index contributed by atoms with van der Waals surface area (Å²) in [5, 5.41) is 8.87. The molecule has 1 aromatic carbocycles. The predicted octanol–water partition coefficient (Wildman–Crippen LogP) is 1.85. The molecule has 0 atom stereocenters. The molecule has 0 aliphatic heterocycles. The third-order valence-corrected chi connectivity index (χ3v) is 3.26. The van der Waals surface area contributed by atoms with Gasteiger partial charge in [0, 0.05) is 44.4 Å². The van der Waals surface area contributed by atoms with Gasteiger partial charge in [-0.25, -0.2) is 0 Å². The first kappa shape index (κ1) is 23.4. The highest BCUT2D eigenvalue weighted by atomic mass is 35.5. The molecule has 6 nitrogen and oxygen atoms in total. The predicted molar refractivity (Wildman–Crippen MR) is 103 cm³/mol. The summed E-state index contributed by atoms with van der Waals surface area (Å²) in [6, 6.07) is 6.67. The van der Waals surface area contributed by atoms with Crippen molar-refractivity contribution in [3.05, 3.63) is 35.4 Å². The smallest absolute Gasteiger partial charge is 0.251 e. The van der Waals surface area contributed by atoms with Crippen LogP contribution >= 0.6 is 12.4 Å². The van der Waals surface area contributed by atoms with Gasteiger partial charge in [0.2, 0.25) is 0 Å². The Hall–Kier alpha value is -1.63. The molecule has 0 saturated heterocycles. The first-order valence-electron chi connectivity index (χ1n) is 8.19. The van der Waals surface area contributed by atoms with Gasteiger partial charge in [-0.1, -0.05) is 20.8 Å². The maximum Gasteiger partial charge on any atom is 0.251 e. The van der Waals surface area contributed by atoms with E-state index in [1.807, 2.05) is 0 Å². The highest BCUT2D eigenvalue weighted by molar-refractivity contribution is 5.97. The van der Waals surface area contributed by atoms with Crippen molar-refractivity contribution in [3.63, 3.8) is 0 Å². The Balaban J connectivity index is 0.00000576. The topological polar surface area (TPSA) is 79.5 Å². The van der Waals surface area contributed by atoms with Crippen molar-refractivity contribution in [2.45, 2.75) is 20.8 Å². The number of ether oxygens (including phenoxy) is 1. The molecule has 2 amide bonds. The molecule has 3 N–H and O–H groups in total. The second-order valence-electron chi connectivity index (χ2n) is 6.82. The average Bonchev–Trinajstić information content (AvgIpc) is 2.55. The van der Waals surface area contributed by atoms with Crippen LogP contribution in [0, 0.1) is 5.41 Å². The highest BCUT2D eigenvalue weighted by Gasteiger charge is 2.13. The average molecular weight is 372 g/mol. The summed E-state index contributed by atoms with van der Waals surface area (Å²) in [5.74, 6) is -0.274. The number of benzene rings is 1. The number of hydrogen-bond donors (Lipinski definition) is 3. The number of carbonyl (C=O) groups excluding carboxylic acids is 2. The molecule has 0 spiro atoms. The number of nitrogens with one attached hydrogen (secondary N) is 3. The molecular weight excluding hydrogens is 342 g/mol. The third-order valence-electron chi connectivity index (χ3n) is 3.26. The van der Waals surface area contributed by atoms with Crippen molar-refractivity contribution in [3.8, 4) is 0 Å². The van der Waals surface area contributed by atoms with Crippen LogP contribution in [0.4, 0.5) is 0 Å². The van der Waals surface area contributed by atoms with Crippen LogP contribution in [0.3, 0.4) is 0 Å². The molecule has 1 rings (SSSR count). The molecule has 0 unspecified atom stereocenters. The van der Waals surface area contributed by atoms with Gasteiger partial charge in [0.1, 0.15) is 0 Å². The van der Waals surface area contributed by atoms with Crippen LogP contribution < -0.4 is 16.0 Å². The zero-order chi connectivity index (χ0) is 18.0. The largest absolute Gasteiger partial charge is 0.383 e. The van der Waals surface area contributed by atoms with Crippen molar-refractivity contribution >= 4 is 24.2 Å². The second kappa shape index (κ2) is 11.8. The van der Waals surface area contributed by atoms with Crippen LogP contribution in [-0.2, 0) is 4.74 Å². The molecule has 1 aromatic rings. The fourth-order valence-corrected chi connectivity index (χ4v) is 1.89. The van der Waals surface area contributed by atoms with Crippen molar-refractivity contribution in [1.82, 2.24) is 16.0 Å². The Kier molecular flexibility index (Phi) is 11.1. The summed E-state index contributed by atoms with van der Waals surface area (Å²) in [6.07, 6.45) is 0. The lowest BCUT2D eigenvalue weighted by atomic mass is 9.97. The summed E-state index contributed by atoms with van der Waals surface area (Å²) in [4.78, 5) is 24.0. The molecule has 0 aromatic heterocycles. The van der Waals surface area contributed by atoms with Crippen LogP contribution in [-0.4, -0.2) is 51.7 Å². The number of rotatable bonds is 9. The summed E-state index contributed by atoms with van der Waals surface area (Å²) in [7, 11) is 1.65. The van der Waals surface area contributed by atoms with E-state index in [1.165, 1.54) is 0 Å². The Morgan fingerprint density at radius 3 is 1.92 bits per heavy atom. The van der Waals surface area contributed by atoms with E-state index >= 15 is 0 Å². The minimum Gasteiger partial charge on any atom is -0.383 e. The van der Waals surface area contributed by atoms with Gasteiger partial charge in [0.15, 0.2) is 0 Å². The fraction of sp³-hybridized carbons (Fsp3) is 0.556. The van der Waals surface area contributed by atoms with Gasteiger partial charge in [0.25, 0.3) is 11.8 Å². The molecular formula is C18H30ClN3O3. The van der Waals surface area contributed by atoms with Crippen molar-refractivity contribution in [1.29, 1.82) is 0 Å². The summed E-state index contributed by atoms with van der Waals surface area (Å²) in [5.41, 5.74) is 1.13. The van der Waals surface area contributed by atoms with Crippen molar-refractivity contribution in [2.24, 2.45) is 5.41 Å². The zero-order valence-corrected chi connectivity index (χ0v) is 16.3. The molecule has 0 aliphatic carbocycles. The van der Waals surface area contributed by atoms with Crippen LogP contribution in [0.1, 0.15) is 41.5 Å². The molecule has 0 fully saturated rings. The maximum absolute atomic E-state index is 12.0. The molecule has 7 heteroatoms. The summed E-state index contributed by atoms with van der Waals surface area (Å²) in [6.45, 7) is 9.40. The van der Waals surface area contributed by atoms with Gasteiger partial charge < -0.3 is 20.7 Å². The lowest BCUT2D eigenvalue weighted by Gasteiger charge is -2.18. The van der Waals surface area contributed by atoms with Crippen LogP contribution in [0.25, 0.3) is 0 Å². The van der Waals surface area contributed by atoms with Crippen LogP contribution in [0.15, 0.2) is 24.3 Å². The van der Waals surface area contributed by atoms with Gasteiger partial charge in [-0.2, -0.15) is 0 Å². The van der Waals surface area contributed by atoms with Gasteiger partial charge in [-0.05, 0) is 29.7 Å². The van der Waals surface area contributed by atoms with E-state index < -0.39 is 0 Å². The number of hydrogen-bond acceptors (Lipinski definition) is 4. The Labute approximate surface area is 156 Å². The summed E-state index contributed by atoms with van der Waals surface area (Å²) >= 11 is 0. The lowest BCUT2D eigenvalue weighted by molar-refractivity contribution is 0.0933. The normalized spacial score (nSPS) is 10.7. The number of carbonyl (C=O) groups is 2. The quantitative estimate of drug-likeness (QED) is 0.579. The van der Waals surface area contributed by atoms with Gasteiger partial charge in [-0.3, -0.25) is 9.59 Å². The van der Waals surface area contributed by atoms with Crippen LogP contribution in [0.2, 0.25) is 0 Å². The number of amides is 2. The first-order chi connectivity index (χ1) is 11.3. The van der Waals surface area contributed by atoms with Gasteiger partial charge in [-0.15, -0.1) is 12.4 Å². The lowest BCUT2D eigenvalue weighted by Crippen LogP contribution is -2.33. The minimum absolute atomic E-state index is 0. The maximum atomic E-state index is 12.0. The minimum atomic E-state index is -0.148. The Bertz CT molecular complexity index is 527. The van der Waals surface area contributed by atoms with E-state index in [4.69, 9.17) is 4.74 Å². The highest BCUT2D eigenvalue weighted by Crippen LogP contribution is 2.11. The number of halogens is 1. The molecule has 142 valence electrons. The van der Waals surface area contributed by atoms with Crippen LogP contribution in [0.5, 0.6) is 0 Å². The number of methoxy groups -OCH3 is 1. The standard InChI is InChI=1S/C18H29N3O3.ClH/c1-18(2,3)13-21-17(23)15-7-5-14(6-8-15)16(22)20-10-9-19-11-12-24-4;/h5-8,19H,9-13H2,1-4H3,(H,20,22)(H,21,23);1H. The van der Waals surface area contributed by atoms with Crippen molar-refractivity contribution in [2.75, 3.05) is 39.9 Å². The third kappa shape index (κ3) is 10.1. The molecule has 0 aliphatic rings. The fourth-order valence-electron chi connectivity index (χ4n) is 1.89.